The number of anilines is 2. The number of fused-ring (bicyclic) bond motifs is 2. The third-order valence-corrected chi connectivity index (χ3v) is 2.86. The monoisotopic (exact) mass is 280 g/mol. The fourth-order valence-electron chi connectivity index (χ4n) is 1.96. The van der Waals surface area contributed by atoms with E-state index < -0.39 is 0 Å². The average Bonchev–Trinajstić information content (AvgIpc) is 2.89. The van der Waals surface area contributed by atoms with Crippen molar-refractivity contribution in [3.63, 3.8) is 0 Å². The number of para-hydroxylation sites is 2. The standard InChI is InChI=1S/C13H8N6O2/c20-11-9-10(15-6-5-14-9)17-12(18-11)19-13-16-7-3-1-2-4-8(7)21-13/h1-6H,(H2,15,16,17,18,19,20). The molecule has 2 N–H and O–H groups in total. The summed E-state index contributed by atoms with van der Waals surface area (Å²) in [4.78, 5) is 30.8. The van der Waals surface area contributed by atoms with E-state index in [9.17, 15) is 4.79 Å². The van der Waals surface area contributed by atoms with Gasteiger partial charge in [-0.1, -0.05) is 12.1 Å². The van der Waals surface area contributed by atoms with E-state index in [1.807, 2.05) is 18.2 Å². The van der Waals surface area contributed by atoms with E-state index >= 15 is 0 Å². The van der Waals surface area contributed by atoms with Gasteiger partial charge in [0.25, 0.3) is 5.56 Å². The number of hydrogen-bond donors (Lipinski definition) is 2. The first-order valence-electron chi connectivity index (χ1n) is 6.13. The van der Waals surface area contributed by atoms with Crippen LogP contribution in [0.1, 0.15) is 0 Å². The quantitative estimate of drug-likeness (QED) is 0.573. The van der Waals surface area contributed by atoms with Gasteiger partial charge in [-0.15, -0.1) is 0 Å². The Labute approximate surface area is 116 Å². The molecule has 0 aliphatic heterocycles. The van der Waals surface area contributed by atoms with Gasteiger partial charge in [-0.2, -0.15) is 9.97 Å². The first-order valence-corrected chi connectivity index (χ1v) is 6.13. The number of nitrogens with one attached hydrogen (secondary N) is 2. The zero-order valence-corrected chi connectivity index (χ0v) is 10.6. The molecular weight excluding hydrogens is 272 g/mol. The van der Waals surface area contributed by atoms with E-state index in [2.05, 4.69) is 30.2 Å². The fourth-order valence-corrected chi connectivity index (χ4v) is 1.96. The molecular formula is C13H8N6O2. The maximum absolute atomic E-state index is 11.9. The number of aromatic nitrogens is 5. The SMILES string of the molecule is O=c1[nH]c(Nc2nc3ccccc3o2)nc2nccnc12. The minimum atomic E-state index is -0.383. The van der Waals surface area contributed by atoms with Crippen LogP contribution in [0.5, 0.6) is 0 Å². The number of benzene rings is 1. The molecule has 102 valence electrons. The van der Waals surface area contributed by atoms with Crippen LogP contribution in [0.15, 0.2) is 45.9 Å². The van der Waals surface area contributed by atoms with Crippen molar-refractivity contribution in [2.45, 2.75) is 0 Å². The normalized spacial score (nSPS) is 11.0. The van der Waals surface area contributed by atoms with E-state index in [4.69, 9.17) is 4.42 Å². The van der Waals surface area contributed by atoms with E-state index in [1.54, 1.807) is 6.07 Å². The largest absolute Gasteiger partial charge is 0.423 e. The molecule has 8 heteroatoms. The highest BCUT2D eigenvalue weighted by Gasteiger charge is 2.09. The summed E-state index contributed by atoms with van der Waals surface area (Å²) in [5.41, 5.74) is 1.40. The van der Waals surface area contributed by atoms with Crippen molar-refractivity contribution in [1.82, 2.24) is 24.9 Å². The third kappa shape index (κ3) is 1.98. The molecule has 0 aliphatic carbocycles. The minimum Gasteiger partial charge on any atom is -0.423 e. The topological polar surface area (TPSA) is 110 Å². The first kappa shape index (κ1) is 11.5. The van der Waals surface area contributed by atoms with Crippen molar-refractivity contribution in [1.29, 1.82) is 0 Å². The molecule has 21 heavy (non-hydrogen) atoms. The predicted molar refractivity (Wildman–Crippen MR) is 75.2 cm³/mol. The van der Waals surface area contributed by atoms with Crippen LogP contribution in [0, 0.1) is 0 Å². The Morgan fingerprint density at radius 3 is 2.86 bits per heavy atom. The Hall–Kier alpha value is -3.29. The van der Waals surface area contributed by atoms with Gasteiger partial charge in [0.15, 0.2) is 16.7 Å². The Balaban J connectivity index is 1.78. The van der Waals surface area contributed by atoms with E-state index in [-0.39, 0.29) is 28.7 Å². The van der Waals surface area contributed by atoms with Crippen LogP contribution in [0.3, 0.4) is 0 Å². The molecule has 0 saturated carbocycles. The summed E-state index contributed by atoms with van der Waals surface area (Å²) in [5, 5.41) is 2.81. The average molecular weight is 280 g/mol. The summed E-state index contributed by atoms with van der Waals surface area (Å²) in [6.07, 6.45) is 2.91. The molecule has 3 heterocycles. The summed E-state index contributed by atoms with van der Waals surface area (Å²) < 4.78 is 5.50. The van der Waals surface area contributed by atoms with Gasteiger partial charge in [0.2, 0.25) is 5.95 Å². The zero-order chi connectivity index (χ0) is 14.2. The van der Waals surface area contributed by atoms with Crippen LogP contribution in [0.2, 0.25) is 0 Å². The van der Waals surface area contributed by atoms with Gasteiger partial charge in [0.05, 0.1) is 0 Å². The van der Waals surface area contributed by atoms with Crippen molar-refractivity contribution in [3.8, 4) is 0 Å². The molecule has 0 atom stereocenters. The first-order chi connectivity index (χ1) is 10.3. The van der Waals surface area contributed by atoms with Gasteiger partial charge >= 0.3 is 6.01 Å². The Morgan fingerprint density at radius 1 is 1.10 bits per heavy atom. The summed E-state index contributed by atoms with van der Waals surface area (Å²) in [7, 11) is 0. The number of H-pyrrole nitrogens is 1. The Morgan fingerprint density at radius 2 is 1.95 bits per heavy atom. The molecule has 0 amide bonds. The lowest BCUT2D eigenvalue weighted by molar-refractivity contribution is 0.621. The maximum Gasteiger partial charge on any atom is 0.302 e. The Kier molecular flexibility index (Phi) is 2.40. The summed E-state index contributed by atoms with van der Waals surface area (Å²) in [6, 6.07) is 7.58. The van der Waals surface area contributed by atoms with Crippen molar-refractivity contribution in [3.05, 3.63) is 47.0 Å². The number of rotatable bonds is 2. The second kappa shape index (κ2) is 4.37. The highest BCUT2D eigenvalue weighted by Crippen LogP contribution is 2.20. The second-order valence-corrected chi connectivity index (χ2v) is 4.25. The van der Waals surface area contributed by atoms with Crippen LogP contribution < -0.4 is 10.9 Å². The van der Waals surface area contributed by atoms with E-state index in [0.29, 0.717) is 11.1 Å². The van der Waals surface area contributed by atoms with Gasteiger partial charge in [0.1, 0.15) is 5.52 Å². The van der Waals surface area contributed by atoms with Crippen LogP contribution in [0.4, 0.5) is 12.0 Å². The fraction of sp³-hybridized carbons (Fsp3) is 0. The molecule has 0 saturated heterocycles. The van der Waals surface area contributed by atoms with E-state index in [1.165, 1.54) is 12.4 Å². The predicted octanol–water partition coefficient (Wildman–Crippen LogP) is 1.60. The van der Waals surface area contributed by atoms with Gasteiger partial charge in [-0.25, -0.2) is 9.97 Å². The Bertz CT molecular complexity index is 973. The molecule has 0 spiro atoms. The minimum absolute atomic E-state index is 0.181. The molecule has 0 aliphatic rings. The second-order valence-electron chi connectivity index (χ2n) is 4.25. The molecule has 8 nitrogen and oxygen atoms in total. The number of oxazole rings is 1. The summed E-state index contributed by atoms with van der Waals surface area (Å²) in [5.74, 6) is 0.194. The third-order valence-electron chi connectivity index (χ3n) is 2.86. The lowest BCUT2D eigenvalue weighted by Gasteiger charge is -2.00. The van der Waals surface area contributed by atoms with Crippen LogP contribution in [-0.4, -0.2) is 24.9 Å². The summed E-state index contributed by atoms with van der Waals surface area (Å²) in [6.45, 7) is 0. The number of nitrogens with zero attached hydrogens (tertiary/aromatic N) is 4. The van der Waals surface area contributed by atoms with Gasteiger partial charge in [0, 0.05) is 12.4 Å². The number of hydrogen-bond acceptors (Lipinski definition) is 7. The highest BCUT2D eigenvalue weighted by molar-refractivity contribution is 5.75. The van der Waals surface area contributed by atoms with Crippen molar-refractivity contribution in [2.75, 3.05) is 5.32 Å². The van der Waals surface area contributed by atoms with Crippen LogP contribution in [0.25, 0.3) is 22.3 Å². The lowest BCUT2D eigenvalue weighted by atomic mass is 10.3. The molecule has 0 radical (unpaired) electrons. The van der Waals surface area contributed by atoms with Gasteiger partial charge < -0.3 is 4.42 Å². The van der Waals surface area contributed by atoms with Crippen LogP contribution in [-0.2, 0) is 0 Å². The molecule has 4 rings (SSSR count). The molecule has 4 aromatic rings. The van der Waals surface area contributed by atoms with E-state index in [0.717, 1.165) is 0 Å². The zero-order valence-electron chi connectivity index (χ0n) is 10.6. The smallest absolute Gasteiger partial charge is 0.302 e. The maximum atomic E-state index is 11.9. The highest BCUT2D eigenvalue weighted by atomic mass is 16.4. The lowest BCUT2D eigenvalue weighted by Crippen LogP contribution is -2.13. The van der Waals surface area contributed by atoms with Gasteiger partial charge in [-0.3, -0.25) is 15.1 Å². The van der Waals surface area contributed by atoms with Crippen molar-refractivity contribution >= 4 is 34.2 Å². The van der Waals surface area contributed by atoms with Gasteiger partial charge in [-0.05, 0) is 12.1 Å². The van der Waals surface area contributed by atoms with Crippen LogP contribution >= 0.6 is 0 Å². The molecule has 0 unspecified atom stereocenters. The summed E-state index contributed by atoms with van der Waals surface area (Å²) >= 11 is 0. The molecule has 0 fully saturated rings. The molecule has 0 bridgehead atoms. The number of aromatic amines is 1. The molecule has 3 aromatic heterocycles. The van der Waals surface area contributed by atoms with Crippen molar-refractivity contribution < 1.29 is 4.42 Å². The van der Waals surface area contributed by atoms with Crippen molar-refractivity contribution in [2.24, 2.45) is 0 Å². The molecule has 1 aromatic carbocycles.